The van der Waals surface area contributed by atoms with Crippen LogP contribution in [0.2, 0.25) is 0 Å². The van der Waals surface area contributed by atoms with Crippen molar-refractivity contribution in [3.05, 3.63) is 58.1 Å². The van der Waals surface area contributed by atoms with Gasteiger partial charge in [-0.3, -0.25) is 0 Å². The minimum Gasteiger partial charge on any atom is -0.493 e. The highest BCUT2D eigenvalue weighted by atomic mass is 32.2. The number of benzene rings is 2. The molecule has 0 amide bonds. The molecular formula is C24H28N2O4S2. The molecule has 1 N–H and O–H groups in total. The molecule has 0 saturated carbocycles. The predicted octanol–water partition coefficient (Wildman–Crippen LogP) is 4.54. The maximum atomic E-state index is 12.8. The van der Waals surface area contributed by atoms with Crippen molar-refractivity contribution in [2.75, 3.05) is 20.8 Å². The average molecular weight is 473 g/mol. The van der Waals surface area contributed by atoms with Crippen LogP contribution >= 0.6 is 11.3 Å². The Morgan fingerprint density at radius 2 is 1.75 bits per heavy atom. The highest BCUT2D eigenvalue weighted by Crippen LogP contribution is 2.35. The molecule has 32 heavy (non-hydrogen) atoms. The molecule has 3 aromatic rings. The average Bonchev–Trinajstić information content (AvgIpc) is 3.18. The molecule has 6 nitrogen and oxygen atoms in total. The van der Waals surface area contributed by atoms with E-state index in [1.54, 1.807) is 31.6 Å². The summed E-state index contributed by atoms with van der Waals surface area (Å²) in [6, 6.07) is 11.2. The number of nitrogens with zero attached hydrogens (tertiary/aromatic N) is 1. The summed E-state index contributed by atoms with van der Waals surface area (Å²) in [5, 5.41) is 0.871. The van der Waals surface area contributed by atoms with Gasteiger partial charge in [0, 0.05) is 17.0 Å². The molecule has 0 aliphatic heterocycles. The first-order chi connectivity index (χ1) is 15.4. The van der Waals surface area contributed by atoms with Crippen molar-refractivity contribution in [2.45, 2.75) is 43.9 Å². The third-order valence-electron chi connectivity index (χ3n) is 5.80. The molecule has 0 radical (unpaired) electrons. The fourth-order valence-corrected chi connectivity index (χ4v) is 6.15. The molecule has 0 spiro atoms. The summed E-state index contributed by atoms with van der Waals surface area (Å²) in [5.74, 6) is 1.32. The molecule has 1 heterocycles. The van der Waals surface area contributed by atoms with Gasteiger partial charge < -0.3 is 9.47 Å². The zero-order valence-corrected chi connectivity index (χ0v) is 20.2. The second kappa shape index (κ2) is 9.60. The summed E-state index contributed by atoms with van der Waals surface area (Å²) < 4.78 is 39.0. The zero-order chi connectivity index (χ0) is 22.7. The van der Waals surface area contributed by atoms with Crippen molar-refractivity contribution in [1.29, 1.82) is 0 Å². The molecule has 0 atom stereocenters. The monoisotopic (exact) mass is 472 g/mol. The number of rotatable bonds is 8. The summed E-state index contributed by atoms with van der Waals surface area (Å²) in [5.41, 5.74) is 4.29. The number of sulfonamides is 1. The van der Waals surface area contributed by atoms with Crippen molar-refractivity contribution < 1.29 is 17.9 Å². The summed E-state index contributed by atoms with van der Waals surface area (Å²) in [7, 11) is -0.323. The summed E-state index contributed by atoms with van der Waals surface area (Å²) in [4.78, 5) is 6.09. The van der Waals surface area contributed by atoms with Crippen LogP contribution in [0.4, 0.5) is 0 Å². The van der Waals surface area contributed by atoms with Gasteiger partial charge in [0.1, 0.15) is 5.01 Å². The smallest absolute Gasteiger partial charge is 0.240 e. The van der Waals surface area contributed by atoms with E-state index >= 15 is 0 Å². The Morgan fingerprint density at radius 1 is 1.00 bits per heavy atom. The van der Waals surface area contributed by atoms with Crippen LogP contribution in [0.3, 0.4) is 0 Å². The largest absolute Gasteiger partial charge is 0.493 e. The first-order valence-electron chi connectivity index (χ1n) is 10.7. The number of aromatic nitrogens is 1. The molecule has 0 unspecified atom stereocenters. The maximum absolute atomic E-state index is 12.8. The summed E-state index contributed by atoms with van der Waals surface area (Å²) in [6.45, 7) is 2.28. The van der Waals surface area contributed by atoms with Crippen molar-refractivity contribution in [2.24, 2.45) is 0 Å². The van der Waals surface area contributed by atoms with Crippen LogP contribution < -0.4 is 14.2 Å². The predicted molar refractivity (Wildman–Crippen MR) is 127 cm³/mol. The summed E-state index contributed by atoms with van der Waals surface area (Å²) >= 11 is 1.57. The van der Waals surface area contributed by atoms with Crippen LogP contribution in [0, 0.1) is 6.92 Å². The van der Waals surface area contributed by atoms with E-state index in [1.807, 2.05) is 37.3 Å². The lowest BCUT2D eigenvalue weighted by Gasteiger charge is -2.16. The Morgan fingerprint density at radius 3 is 2.50 bits per heavy atom. The fraction of sp³-hybridized carbons (Fsp3) is 0.375. The van der Waals surface area contributed by atoms with E-state index in [0.717, 1.165) is 46.0 Å². The fourth-order valence-electron chi connectivity index (χ4n) is 4.01. The number of hydrogen-bond acceptors (Lipinski definition) is 6. The minimum absolute atomic E-state index is 0.327. The first-order valence-corrected chi connectivity index (χ1v) is 13.0. The molecule has 2 aromatic carbocycles. The number of ether oxygens (including phenoxy) is 2. The van der Waals surface area contributed by atoms with E-state index in [4.69, 9.17) is 9.47 Å². The minimum atomic E-state index is -3.54. The van der Waals surface area contributed by atoms with Crippen LogP contribution in [0.1, 0.15) is 34.5 Å². The standard InChI is InChI=1S/C24H28N2O4S2/c1-16-23(31-24(26-16)19-9-11-21(29-2)22(15-19)30-3)12-13-25-32(27,28)20-10-8-17-6-4-5-7-18(17)14-20/h8-11,14-15,25H,4-7,12-13H2,1-3H3. The van der Waals surface area contributed by atoms with Gasteiger partial charge in [-0.15, -0.1) is 11.3 Å². The number of methoxy groups -OCH3 is 2. The zero-order valence-electron chi connectivity index (χ0n) is 18.6. The third kappa shape index (κ3) is 4.82. The lowest BCUT2D eigenvalue weighted by atomic mass is 9.92. The summed E-state index contributed by atoms with van der Waals surface area (Å²) in [6.07, 6.45) is 4.88. The second-order valence-electron chi connectivity index (χ2n) is 7.88. The van der Waals surface area contributed by atoms with E-state index in [2.05, 4.69) is 9.71 Å². The van der Waals surface area contributed by atoms with Gasteiger partial charge in [0.25, 0.3) is 0 Å². The Bertz CT molecular complexity index is 1220. The molecule has 8 heteroatoms. The molecule has 1 aliphatic rings. The van der Waals surface area contributed by atoms with Gasteiger partial charge in [-0.05, 0) is 80.5 Å². The van der Waals surface area contributed by atoms with Crippen LogP contribution in [0.5, 0.6) is 11.5 Å². The Hall–Kier alpha value is -2.42. The molecule has 1 aromatic heterocycles. The van der Waals surface area contributed by atoms with E-state index < -0.39 is 10.0 Å². The van der Waals surface area contributed by atoms with Gasteiger partial charge in [0.2, 0.25) is 10.0 Å². The Labute approximate surface area is 193 Å². The Balaban J connectivity index is 1.44. The Kier molecular flexibility index (Phi) is 6.83. The van der Waals surface area contributed by atoms with Crippen LogP contribution in [0.15, 0.2) is 41.3 Å². The van der Waals surface area contributed by atoms with Gasteiger partial charge in [0.05, 0.1) is 24.8 Å². The van der Waals surface area contributed by atoms with Gasteiger partial charge in [-0.1, -0.05) is 6.07 Å². The highest BCUT2D eigenvalue weighted by molar-refractivity contribution is 7.89. The van der Waals surface area contributed by atoms with Crippen molar-refractivity contribution in [3.63, 3.8) is 0 Å². The van der Waals surface area contributed by atoms with Crippen molar-refractivity contribution in [3.8, 4) is 22.1 Å². The van der Waals surface area contributed by atoms with Gasteiger partial charge in [-0.2, -0.15) is 0 Å². The van der Waals surface area contributed by atoms with E-state index in [1.165, 1.54) is 12.0 Å². The van der Waals surface area contributed by atoms with Crippen LogP contribution in [0.25, 0.3) is 10.6 Å². The highest BCUT2D eigenvalue weighted by Gasteiger charge is 2.18. The second-order valence-corrected chi connectivity index (χ2v) is 10.7. The van der Waals surface area contributed by atoms with E-state index in [-0.39, 0.29) is 0 Å². The number of aryl methyl sites for hydroxylation is 3. The third-order valence-corrected chi connectivity index (χ3v) is 8.52. The van der Waals surface area contributed by atoms with E-state index in [9.17, 15) is 8.42 Å². The number of nitrogens with one attached hydrogen (secondary N) is 1. The molecule has 4 rings (SSSR count). The van der Waals surface area contributed by atoms with Crippen molar-refractivity contribution >= 4 is 21.4 Å². The SMILES string of the molecule is COc1ccc(-c2nc(C)c(CCNS(=O)(=O)c3ccc4c(c3)CCCC4)s2)cc1OC. The maximum Gasteiger partial charge on any atom is 0.240 e. The number of thiazole rings is 1. The lowest BCUT2D eigenvalue weighted by molar-refractivity contribution is 0.355. The van der Waals surface area contributed by atoms with Crippen molar-refractivity contribution in [1.82, 2.24) is 9.71 Å². The first kappa shape index (κ1) is 22.8. The molecule has 0 bridgehead atoms. The molecule has 0 saturated heterocycles. The number of fused-ring (bicyclic) bond motifs is 1. The van der Waals surface area contributed by atoms with E-state index in [0.29, 0.717) is 29.4 Å². The number of hydrogen-bond donors (Lipinski definition) is 1. The molecule has 0 fully saturated rings. The normalized spacial score (nSPS) is 13.6. The quantitative estimate of drug-likeness (QED) is 0.521. The molecule has 170 valence electrons. The molecular weight excluding hydrogens is 444 g/mol. The van der Waals surface area contributed by atoms with Crippen LogP contribution in [-0.4, -0.2) is 34.2 Å². The van der Waals surface area contributed by atoms with Gasteiger partial charge >= 0.3 is 0 Å². The van der Waals surface area contributed by atoms with Crippen LogP contribution in [-0.2, 0) is 29.3 Å². The van der Waals surface area contributed by atoms with Gasteiger partial charge in [-0.25, -0.2) is 18.1 Å². The lowest BCUT2D eigenvalue weighted by Crippen LogP contribution is -2.26. The van der Waals surface area contributed by atoms with Gasteiger partial charge in [0.15, 0.2) is 11.5 Å². The topological polar surface area (TPSA) is 77.5 Å². The molecule has 1 aliphatic carbocycles.